The highest BCUT2D eigenvalue weighted by Gasteiger charge is 2.67. The van der Waals surface area contributed by atoms with Gasteiger partial charge in [0.1, 0.15) is 11.5 Å². The lowest BCUT2D eigenvalue weighted by Gasteiger charge is -2.32. The second-order valence-electron chi connectivity index (χ2n) is 6.91. The van der Waals surface area contributed by atoms with Gasteiger partial charge in [0.25, 0.3) is 0 Å². The van der Waals surface area contributed by atoms with Crippen molar-refractivity contribution in [3.8, 4) is 0 Å². The highest BCUT2D eigenvalue weighted by molar-refractivity contribution is 5.91. The molecule has 4 aliphatic rings. The molecule has 0 aromatic rings. The SMILES string of the molecule is CCOC(=O)C1C2C=CC3(CN(C4CCCCC4)C(=O)C13)O2. The molecule has 0 radical (unpaired) electrons. The number of carbonyl (C=O) groups is 2. The average molecular weight is 305 g/mol. The first kappa shape index (κ1) is 14.2. The van der Waals surface area contributed by atoms with E-state index in [1.165, 1.54) is 19.3 Å². The summed E-state index contributed by atoms with van der Waals surface area (Å²) in [6, 6.07) is 0.320. The molecule has 1 saturated carbocycles. The summed E-state index contributed by atoms with van der Waals surface area (Å²) >= 11 is 0. The van der Waals surface area contributed by atoms with Crippen molar-refractivity contribution in [3.05, 3.63) is 12.2 Å². The Morgan fingerprint density at radius 1 is 1.41 bits per heavy atom. The summed E-state index contributed by atoms with van der Waals surface area (Å²) in [4.78, 5) is 27.3. The first-order chi connectivity index (χ1) is 10.7. The van der Waals surface area contributed by atoms with Crippen molar-refractivity contribution in [2.75, 3.05) is 13.2 Å². The second kappa shape index (κ2) is 5.08. The van der Waals surface area contributed by atoms with Crippen LogP contribution in [0, 0.1) is 11.8 Å². The van der Waals surface area contributed by atoms with Crippen LogP contribution in [-0.4, -0.2) is 47.7 Å². The van der Waals surface area contributed by atoms with Gasteiger partial charge in [-0.25, -0.2) is 0 Å². The number of likely N-dealkylation sites (tertiary alicyclic amines) is 1. The number of fused-ring (bicyclic) bond motifs is 1. The minimum Gasteiger partial charge on any atom is -0.466 e. The molecule has 3 heterocycles. The molecule has 0 N–H and O–H groups in total. The first-order valence-corrected chi connectivity index (χ1v) is 8.50. The van der Waals surface area contributed by atoms with Gasteiger partial charge >= 0.3 is 5.97 Å². The normalized spacial score (nSPS) is 40.3. The number of esters is 1. The molecule has 5 heteroatoms. The summed E-state index contributed by atoms with van der Waals surface area (Å²) in [7, 11) is 0. The smallest absolute Gasteiger partial charge is 0.312 e. The number of nitrogens with zero attached hydrogens (tertiary/aromatic N) is 1. The van der Waals surface area contributed by atoms with Gasteiger partial charge in [-0.1, -0.05) is 31.4 Å². The molecule has 3 aliphatic heterocycles. The molecule has 2 saturated heterocycles. The lowest BCUT2D eigenvalue weighted by Crippen LogP contribution is -2.42. The molecule has 0 aromatic carbocycles. The van der Waals surface area contributed by atoms with E-state index in [-0.39, 0.29) is 23.9 Å². The van der Waals surface area contributed by atoms with E-state index in [0.717, 1.165) is 12.8 Å². The standard InChI is InChI=1S/C17H23NO4/c1-2-21-16(20)13-12-8-9-17(22-12)10-18(15(19)14(13)17)11-6-4-3-5-7-11/h8-9,11-14H,2-7,10H2,1H3. The third-order valence-corrected chi connectivity index (χ3v) is 5.70. The van der Waals surface area contributed by atoms with Gasteiger partial charge in [-0.2, -0.15) is 0 Å². The van der Waals surface area contributed by atoms with Crippen LogP contribution < -0.4 is 0 Å². The molecule has 5 nitrogen and oxygen atoms in total. The molecular weight excluding hydrogens is 282 g/mol. The van der Waals surface area contributed by atoms with E-state index < -0.39 is 11.5 Å². The summed E-state index contributed by atoms with van der Waals surface area (Å²) in [6.45, 7) is 2.73. The van der Waals surface area contributed by atoms with Gasteiger partial charge in [0.2, 0.25) is 5.91 Å². The molecule has 1 aliphatic carbocycles. The van der Waals surface area contributed by atoms with Crippen LogP contribution >= 0.6 is 0 Å². The number of rotatable bonds is 3. The Hall–Kier alpha value is -1.36. The largest absolute Gasteiger partial charge is 0.466 e. The lowest BCUT2D eigenvalue weighted by molar-refractivity contribution is -0.153. The summed E-state index contributed by atoms with van der Waals surface area (Å²) < 4.78 is 11.3. The molecule has 1 spiro atoms. The fraction of sp³-hybridized carbons (Fsp3) is 0.765. The zero-order chi connectivity index (χ0) is 15.3. The van der Waals surface area contributed by atoms with Crippen molar-refractivity contribution in [2.24, 2.45) is 11.8 Å². The Kier molecular flexibility index (Phi) is 3.29. The van der Waals surface area contributed by atoms with Crippen LogP contribution in [0.15, 0.2) is 12.2 Å². The predicted molar refractivity (Wildman–Crippen MR) is 78.9 cm³/mol. The molecule has 22 heavy (non-hydrogen) atoms. The number of amides is 1. The average Bonchev–Trinajstić information content (AvgIpc) is 3.17. The summed E-state index contributed by atoms with van der Waals surface area (Å²) in [6.07, 6.45) is 9.45. The molecule has 4 atom stereocenters. The number of hydrogen-bond acceptors (Lipinski definition) is 4. The van der Waals surface area contributed by atoms with E-state index in [4.69, 9.17) is 9.47 Å². The zero-order valence-electron chi connectivity index (χ0n) is 13.0. The van der Waals surface area contributed by atoms with Gasteiger partial charge < -0.3 is 14.4 Å². The van der Waals surface area contributed by atoms with Crippen LogP contribution in [0.1, 0.15) is 39.0 Å². The Labute approximate surface area is 130 Å². The van der Waals surface area contributed by atoms with Crippen LogP contribution in [0.3, 0.4) is 0 Å². The maximum atomic E-state index is 13.0. The number of carbonyl (C=O) groups excluding carboxylic acids is 2. The maximum absolute atomic E-state index is 13.0. The van der Waals surface area contributed by atoms with E-state index in [1.54, 1.807) is 6.92 Å². The van der Waals surface area contributed by atoms with Crippen molar-refractivity contribution < 1.29 is 19.1 Å². The summed E-state index contributed by atoms with van der Waals surface area (Å²) in [5, 5.41) is 0. The Bertz CT molecular complexity index is 525. The zero-order valence-corrected chi connectivity index (χ0v) is 13.0. The van der Waals surface area contributed by atoms with Gasteiger partial charge in [-0.3, -0.25) is 9.59 Å². The van der Waals surface area contributed by atoms with Crippen LogP contribution in [-0.2, 0) is 19.1 Å². The third-order valence-electron chi connectivity index (χ3n) is 5.70. The Balaban J connectivity index is 1.60. The maximum Gasteiger partial charge on any atom is 0.312 e. The van der Waals surface area contributed by atoms with E-state index in [9.17, 15) is 9.59 Å². The Morgan fingerprint density at radius 3 is 2.91 bits per heavy atom. The van der Waals surface area contributed by atoms with Crippen LogP contribution in [0.4, 0.5) is 0 Å². The molecule has 4 rings (SSSR count). The highest BCUT2D eigenvalue weighted by atomic mass is 16.6. The van der Waals surface area contributed by atoms with Gasteiger partial charge in [-0.05, 0) is 19.8 Å². The van der Waals surface area contributed by atoms with Crippen molar-refractivity contribution in [1.82, 2.24) is 4.90 Å². The minimum atomic E-state index is -0.587. The van der Waals surface area contributed by atoms with E-state index in [1.807, 2.05) is 17.1 Å². The van der Waals surface area contributed by atoms with Crippen LogP contribution in [0.5, 0.6) is 0 Å². The van der Waals surface area contributed by atoms with Crippen LogP contribution in [0.25, 0.3) is 0 Å². The minimum absolute atomic E-state index is 0.0943. The van der Waals surface area contributed by atoms with E-state index in [2.05, 4.69) is 0 Å². The van der Waals surface area contributed by atoms with Crippen molar-refractivity contribution >= 4 is 11.9 Å². The number of ether oxygens (including phenoxy) is 2. The van der Waals surface area contributed by atoms with Crippen LogP contribution in [0.2, 0.25) is 0 Å². The summed E-state index contributed by atoms with van der Waals surface area (Å²) in [5.74, 6) is -1.05. The number of hydrogen-bond donors (Lipinski definition) is 0. The lowest BCUT2D eigenvalue weighted by atomic mass is 9.77. The van der Waals surface area contributed by atoms with Gasteiger partial charge in [0.05, 0.1) is 25.2 Å². The topological polar surface area (TPSA) is 55.8 Å². The summed E-state index contributed by atoms with van der Waals surface area (Å²) in [5.41, 5.74) is -0.587. The van der Waals surface area contributed by atoms with E-state index >= 15 is 0 Å². The second-order valence-corrected chi connectivity index (χ2v) is 6.91. The first-order valence-electron chi connectivity index (χ1n) is 8.50. The highest BCUT2D eigenvalue weighted by Crippen LogP contribution is 2.53. The van der Waals surface area contributed by atoms with E-state index in [0.29, 0.717) is 19.2 Å². The molecule has 4 unspecified atom stereocenters. The third kappa shape index (κ3) is 1.87. The van der Waals surface area contributed by atoms with Gasteiger partial charge in [0.15, 0.2) is 0 Å². The Morgan fingerprint density at radius 2 is 2.18 bits per heavy atom. The fourth-order valence-electron chi connectivity index (χ4n) is 4.74. The molecule has 3 fully saturated rings. The van der Waals surface area contributed by atoms with Gasteiger partial charge in [-0.15, -0.1) is 0 Å². The van der Waals surface area contributed by atoms with Crippen molar-refractivity contribution in [3.63, 3.8) is 0 Å². The monoisotopic (exact) mass is 305 g/mol. The molecule has 120 valence electrons. The molecule has 2 bridgehead atoms. The predicted octanol–water partition coefficient (Wildman–Crippen LogP) is 1.66. The van der Waals surface area contributed by atoms with Gasteiger partial charge in [0, 0.05) is 6.04 Å². The quantitative estimate of drug-likeness (QED) is 0.588. The molecule has 1 amide bonds. The fourth-order valence-corrected chi connectivity index (χ4v) is 4.74. The van der Waals surface area contributed by atoms with Crippen molar-refractivity contribution in [1.29, 1.82) is 0 Å². The molecule has 0 aromatic heterocycles. The molecular formula is C17H23NO4. The van der Waals surface area contributed by atoms with Crippen molar-refractivity contribution in [2.45, 2.75) is 56.8 Å².